The van der Waals surface area contributed by atoms with E-state index in [0.717, 1.165) is 18.1 Å². The van der Waals surface area contributed by atoms with Gasteiger partial charge in [0, 0.05) is 5.75 Å². The zero-order valence-corrected chi connectivity index (χ0v) is 5.41. The number of rotatable bonds is 3. The van der Waals surface area contributed by atoms with Gasteiger partial charge in [0.15, 0.2) is 0 Å². The van der Waals surface area contributed by atoms with E-state index in [1.165, 1.54) is 0 Å². The van der Waals surface area contributed by atoms with Crippen molar-refractivity contribution in [1.82, 2.24) is 0 Å². The second kappa shape index (κ2) is 3.01. The minimum absolute atomic E-state index is 0.522. The second-order valence-electron chi connectivity index (χ2n) is 1.67. The van der Waals surface area contributed by atoms with Gasteiger partial charge in [-0.2, -0.15) is 0 Å². The van der Waals surface area contributed by atoms with Gasteiger partial charge in [-0.15, -0.1) is 18.2 Å². The van der Waals surface area contributed by atoms with Crippen LogP contribution in [-0.2, 0) is 4.74 Å². The average Bonchev–Trinajstić information content (AvgIpc) is 2.51. The SMILES string of the molecule is C#CCSCC1CO1. The van der Waals surface area contributed by atoms with Gasteiger partial charge in [0.2, 0.25) is 0 Å². The fourth-order valence-electron chi connectivity index (χ4n) is 0.414. The van der Waals surface area contributed by atoms with Crippen molar-refractivity contribution in [1.29, 1.82) is 0 Å². The molecule has 1 rings (SSSR count). The largest absolute Gasteiger partial charge is 0.372 e. The molecular formula is C6H8OS. The Morgan fingerprint density at radius 1 is 1.88 bits per heavy atom. The van der Waals surface area contributed by atoms with Crippen LogP contribution in [0, 0.1) is 12.3 Å². The van der Waals surface area contributed by atoms with Gasteiger partial charge in [-0.3, -0.25) is 0 Å². The second-order valence-corrected chi connectivity index (χ2v) is 2.70. The van der Waals surface area contributed by atoms with Crippen molar-refractivity contribution in [3.8, 4) is 12.3 Å². The normalized spacial score (nSPS) is 24.6. The van der Waals surface area contributed by atoms with E-state index < -0.39 is 0 Å². The minimum Gasteiger partial charge on any atom is -0.372 e. The molecule has 0 spiro atoms. The summed E-state index contributed by atoms with van der Waals surface area (Å²) < 4.78 is 4.97. The number of ether oxygens (including phenoxy) is 1. The van der Waals surface area contributed by atoms with Crippen LogP contribution in [0.25, 0.3) is 0 Å². The van der Waals surface area contributed by atoms with Crippen molar-refractivity contribution in [2.45, 2.75) is 6.10 Å². The third-order valence-electron chi connectivity index (χ3n) is 0.892. The molecule has 1 heterocycles. The van der Waals surface area contributed by atoms with Crippen LogP contribution in [0.1, 0.15) is 0 Å². The Hall–Kier alpha value is -0.130. The van der Waals surface area contributed by atoms with E-state index in [9.17, 15) is 0 Å². The van der Waals surface area contributed by atoms with Crippen LogP contribution in [-0.4, -0.2) is 24.2 Å². The highest BCUT2D eigenvalue weighted by atomic mass is 32.2. The molecule has 1 fully saturated rings. The molecule has 1 unspecified atom stereocenters. The van der Waals surface area contributed by atoms with Crippen LogP contribution in [0.2, 0.25) is 0 Å². The molecule has 0 aliphatic carbocycles. The fraction of sp³-hybridized carbons (Fsp3) is 0.667. The predicted molar refractivity (Wildman–Crippen MR) is 35.9 cm³/mol. The molecule has 1 aliphatic rings. The molecule has 1 saturated heterocycles. The van der Waals surface area contributed by atoms with E-state index in [1.54, 1.807) is 11.8 Å². The lowest BCUT2D eigenvalue weighted by molar-refractivity contribution is 0.426. The van der Waals surface area contributed by atoms with E-state index in [-0.39, 0.29) is 0 Å². The molecule has 8 heavy (non-hydrogen) atoms. The van der Waals surface area contributed by atoms with E-state index in [1.807, 2.05) is 0 Å². The molecule has 1 atom stereocenters. The van der Waals surface area contributed by atoms with Crippen molar-refractivity contribution >= 4 is 11.8 Å². The monoisotopic (exact) mass is 128 g/mol. The summed E-state index contributed by atoms with van der Waals surface area (Å²) in [5, 5.41) is 0. The standard InChI is InChI=1S/C6H8OS/c1-2-3-8-5-6-4-7-6/h1,6H,3-5H2. The van der Waals surface area contributed by atoms with Crippen LogP contribution in [0.4, 0.5) is 0 Å². The lowest BCUT2D eigenvalue weighted by Gasteiger charge is -1.87. The number of hydrogen-bond acceptors (Lipinski definition) is 2. The molecule has 0 saturated carbocycles. The molecule has 0 aromatic heterocycles. The Labute approximate surface area is 53.8 Å². The number of thioether (sulfide) groups is 1. The minimum atomic E-state index is 0.522. The maximum Gasteiger partial charge on any atom is 0.0900 e. The lowest BCUT2D eigenvalue weighted by atomic mass is 10.6. The van der Waals surface area contributed by atoms with Gasteiger partial charge < -0.3 is 4.74 Å². The van der Waals surface area contributed by atoms with Gasteiger partial charge in [0.05, 0.1) is 18.5 Å². The molecule has 1 nitrogen and oxygen atoms in total. The Balaban J connectivity index is 1.83. The maximum absolute atomic E-state index is 5.02. The first-order valence-corrected chi connectivity index (χ1v) is 3.72. The first-order valence-electron chi connectivity index (χ1n) is 2.56. The summed E-state index contributed by atoms with van der Waals surface area (Å²) in [6.45, 7) is 0.942. The van der Waals surface area contributed by atoms with Crippen molar-refractivity contribution in [2.24, 2.45) is 0 Å². The number of hydrogen-bond donors (Lipinski definition) is 0. The first-order chi connectivity index (χ1) is 3.93. The van der Waals surface area contributed by atoms with E-state index in [4.69, 9.17) is 11.2 Å². The zero-order chi connectivity index (χ0) is 5.82. The predicted octanol–water partition coefficient (Wildman–Crippen LogP) is 0.752. The van der Waals surface area contributed by atoms with Gasteiger partial charge in [0.1, 0.15) is 0 Å². The Bertz CT molecular complexity index is 102. The van der Waals surface area contributed by atoms with Crippen molar-refractivity contribution in [3.63, 3.8) is 0 Å². The van der Waals surface area contributed by atoms with Gasteiger partial charge >= 0.3 is 0 Å². The summed E-state index contributed by atoms with van der Waals surface area (Å²) in [4.78, 5) is 0. The van der Waals surface area contributed by atoms with Crippen molar-refractivity contribution in [2.75, 3.05) is 18.1 Å². The van der Waals surface area contributed by atoms with Gasteiger partial charge in [-0.25, -0.2) is 0 Å². The lowest BCUT2D eigenvalue weighted by Crippen LogP contribution is -1.88. The van der Waals surface area contributed by atoms with Gasteiger partial charge in [-0.1, -0.05) is 5.92 Å². The summed E-state index contributed by atoms with van der Waals surface area (Å²) in [6, 6.07) is 0. The van der Waals surface area contributed by atoms with Crippen LogP contribution in [0.15, 0.2) is 0 Å². The third kappa shape index (κ3) is 2.25. The highest BCUT2D eigenvalue weighted by Crippen LogP contribution is 2.14. The first kappa shape index (κ1) is 6.00. The third-order valence-corrected chi connectivity index (χ3v) is 1.87. The van der Waals surface area contributed by atoms with Crippen molar-refractivity contribution in [3.05, 3.63) is 0 Å². The highest BCUT2D eigenvalue weighted by molar-refractivity contribution is 7.99. The zero-order valence-electron chi connectivity index (χ0n) is 4.59. The Morgan fingerprint density at radius 3 is 3.12 bits per heavy atom. The number of terminal acetylenes is 1. The Kier molecular flexibility index (Phi) is 2.26. The summed E-state index contributed by atoms with van der Waals surface area (Å²) in [5.74, 6) is 4.45. The molecule has 0 amide bonds. The summed E-state index contributed by atoms with van der Waals surface area (Å²) in [6.07, 6.45) is 5.55. The fourth-order valence-corrected chi connectivity index (χ4v) is 1.10. The molecular weight excluding hydrogens is 120 g/mol. The maximum atomic E-state index is 5.02. The number of epoxide rings is 1. The Morgan fingerprint density at radius 2 is 2.62 bits per heavy atom. The smallest absolute Gasteiger partial charge is 0.0900 e. The van der Waals surface area contributed by atoms with Crippen LogP contribution >= 0.6 is 11.8 Å². The molecule has 0 N–H and O–H groups in total. The molecule has 0 aromatic rings. The topological polar surface area (TPSA) is 12.5 Å². The molecule has 0 radical (unpaired) electrons. The molecule has 0 aromatic carbocycles. The molecule has 0 bridgehead atoms. The summed E-state index contributed by atoms with van der Waals surface area (Å²) >= 11 is 1.76. The van der Waals surface area contributed by atoms with Gasteiger partial charge in [0.25, 0.3) is 0 Å². The van der Waals surface area contributed by atoms with Crippen LogP contribution < -0.4 is 0 Å². The van der Waals surface area contributed by atoms with E-state index >= 15 is 0 Å². The molecule has 2 heteroatoms. The summed E-state index contributed by atoms with van der Waals surface area (Å²) in [5.41, 5.74) is 0. The average molecular weight is 128 g/mol. The summed E-state index contributed by atoms with van der Waals surface area (Å²) in [7, 11) is 0. The molecule has 1 aliphatic heterocycles. The van der Waals surface area contributed by atoms with Gasteiger partial charge in [-0.05, 0) is 0 Å². The van der Waals surface area contributed by atoms with E-state index in [2.05, 4.69) is 5.92 Å². The quantitative estimate of drug-likeness (QED) is 0.316. The molecule has 44 valence electrons. The van der Waals surface area contributed by atoms with Crippen LogP contribution in [0.5, 0.6) is 0 Å². The van der Waals surface area contributed by atoms with E-state index in [0.29, 0.717) is 6.10 Å². The van der Waals surface area contributed by atoms with Crippen LogP contribution in [0.3, 0.4) is 0 Å². The highest BCUT2D eigenvalue weighted by Gasteiger charge is 2.21. The van der Waals surface area contributed by atoms with Crippen molar-refractivity contribution < 1.29 is 4.74 Å².